The molecule has 3 aromatic rings. The van der Waals surface area contributed by atoms with E-state index in [1.165, 1.54) is 4.90 Å². The van der Waals surface area contributed by atoms with Crippen LogP contribution in [0.1, 0.15) is 62.9 Å². The Morgan fingerprint density at radius 1 is 1.06 bits per heavy atom. The average molecular weight is 461 g/mol. The lowest BCUT2D eigenvalue weighted by Crippen LogP contribution is -2.51. The van der Waals surface area contributed by atoms with Gasteiger partial charge in [-0.25, -0.2) is 4.98 Å². The Labute approximate surface area is 196 Å². The van der Waals surface area contributed by atoms with Gasteiger partial charge in [-0.2, -0.15) is 0 Å². The third-order valence-corrected chi connectivity index (χ3v) is 6.95. The first-order chi connectivity index (χ1) is 16.0. The molecule has 0 fully saturated rings. The van der Waals surface area contributed by atoms with E-state index in [2.05, 4.69) is 29.5 Å². The fourth-order valence-electron chi connectivity index (χ4n) is 4.36. The number of nitrogens with zero attached hydrogens (tertiary/aromatic N) is 3. The molecule has 0 saturated carbocycles. The van der Waals surface area contributed by atoms with Gasteiger partial charge in [0, 0.05) is 29.5 Å². The summed E-state index contributed by atoms with van der Waals surface area (Å²) < 4.78 is 0. The number of hydrogen-bond acceptors (Lipinski definition) is 5. The average Bonchev–Trinajstić information content (AvgIpc) is 3.40. The Bertz CT molecular complexity index is 1250. The van der Waals surface area contributed by atoms with Gasteiger partial charge >= 0.3 is 0 Å². The van der Waals surface area contributed by atoms with Crippen molar-refractivity contribution in [2.24, 2.45) is 0 Å². The second kappa shape index (κ2) is 8.44. The molecule has 0 aliphatic carbocycles. The fourth-order valence-corrected chi connectivity index (χ4v) is 5.32. The summed E-state index contributed by atoms with van der Waals surface area (Å²) in [6.45, 7) is 4.50. The number of carbonyl (C=O) groups is 3. The second-order valence-corrected chi connectivity index (χ2v) is 9.45. The second-order valence-electron chi connectivity index (χ2n) is 8.51. The molecule has 0 spiro atoms. The summed E-state index contributed by atoms with van der Waals surface area (Å²) in [5.41, 5.74) is 3.36. The number of aromatic nitrogens is 1. The number of carbonyl (C=O) groups excluding carboxylic acids is 3. The highest BCUT2D eigenvalue weighted by Gasteiger charge is 2.47. The molecule has 8 heteroatoms. The smallest absolute Gasteiger partial charge is 0.260 e. The molecule has 0 radical (unpaired) electrons. The van der Waals surface area contributed by atoms with Gasteiger partial charge in [-0.1, -0.05) is 44.2 Å². The van der Waals surface area contributed by atoms with Crippen LogP contribution in [-0.4, -0.2) is 40.7 Å². The Balaban J connectivity index is 1.35. The Morgan fingerprint density at radius 2 is 1.79 bits per heavy atom. The summed E-state index contributed by atoms with van der Waals surface area (Å²) in [6, 6.07) is 14.3. The standard InChI is InChI=1S/C25H24N4O3S/c1-15(2)19-14-33-22(27-19)11-12-26-21(30)13-28-23-16-7-3-4-8-17(16)25(32)29(23)20-10-6-5-9-18(20)24(28)31/h3-10,14-15,23H,11-13H2,1-2H3,(H,26,30)/t23-/m1/s1. The molecule has 0 unspecified atom stereocenters. The van der Waals surface area contributed by atoms with Gasteiger partial charge in [0.2, 0.25) is 5.91 Å². The number of benzene rings is 2. The SMILES string of the molecule is CC(C)c1csc(CCNC(=O)CN2C(=O)c3ccccc3N3C(=O)c4ccccc4[C@H]23)n1. The highest BCUT2D eigenvalue weighted by molar-refractivity contribution is 7.09. The highest BCUT2D eigenvalue weighted by atomic mass is 32.1. The first-order valence-electron chi connectivity index (χ1n) is 11.0. The predicted octanol–water partition coefficient (Wildman–Crippen LogP) is 3.74. The topological polar surface area (TPSA) is 82.6 Å². The molecule has 1 aromatic heterocycles. The van der Waals surface area contributed by atoms with Crippen molar-refractivity contribution in [3.8, 4) is 0 Å². The molecule has 3 heterocycles. The van der Waals surface area contributed by atoms with E-state index in [1.807, 2.05) is 24.3 Å². The number of anilines is 1. The number of amides is 3. The van der Waals surface area contributed by atoms with Gasteiger partial charge in [0.15, 0.2) is 0 Å². The van der Waals surface area contributed by atoms with Gasteiger partial charge in [0.05, 0.1) is 22.0 Å². The maximum Gasteiger partial charge on any atom is 0.260 e. The highest BCUT2D eigenvalue weighted by Crippen LogP contribution is 2.44. The van der Waals surface area contributed by atoms with Crippen molar-refractivity contribution in [2.75, 3.05) is 18.0 Å². The number of para-hydroxylation sites is 1. The largest absolute Gasteiger partial charge is 0.354 e. The molecule has 2 aliphatic rings. The molecule has 2 aliphatic heterocycles. The Kier molecular flexibility index (Phi) is 5.46. The lowest BCUT2D eigenvalue weighted by atomic mass is 10.0. The maximum atomic E-state index is 13.4. The van der Waals surface area contributed by atoms with Crippen LogP contribution >= 0.6 is 11.3 Å². The number of hydrogen-bond donors (Lipinski definition) is 1. The van der Waals surface area contributed by atoms with Crippen LogP contribution in [0, 0.1) is 0 Å². The first kappa shape index (κ1) is 21.3. The van der Waals surface area contributed by atoms with Crippen LogP contribution in [0.3, 0.4) is 0 Å². The van der Waals surface area contributed by atoms with Crippen LogP contribution in [0.15, 0.2) is 53.9 Å². The number of rotatable bonds is 6. The molecule has 168 valence electrons. The molecule has 0 saturated heterocycles. The van der Waals surface area contributed by atoms with Crippen molar-refractivity contribution in [1.29, 1.82) is 0 Å². The monoisotopic (exact) mass is 460 g/mol. The lowest BCUT2D eigenvalue weighted by Gasteiger charge is -2.40. The predicted molar refractivity (Wildman–Crippen MR) is 126 cm³/mol. The van der Waals surface area contributed by atoms with Crippen LogP contribution in [0.2, 0.25) is 0 Å². The third-order valence-electron chi connectivity index (χ3n) is 6.02. The summed E-state index contributed by atoms with van der Waals surface area (Å²) in [5, 5.41) is 5.93. The van der Waals surface area contributed by atoms with Crippen molar-refractivity contribution in [2.45, 2.75) is 32.4 Å². The van der Waals surface area contributed by atoms with Crippen LogP contribution in [0.5, 0.6) is 0 Å². The first-order valence-corrected chi connectivity index (χ1v) is 11.9. The summed E-state index contributed by atoms with van der Waals surface area (Å²) in [7, 11) is 0. The molecule has 5 rings (SSSR count). The zero-order valence-corrected chi connectivity index (χ0v) is 19.3. The Hall–Kier alpha value is -3.52. The van der Waals surface area contributed by atoms with E-state index in [4.69, 9.17) is 0 Å². The molecular weight excluding hydrogens is 436 g/mol. The summed E-state index contributed by atoms with van der Waals surface area (Å²) in [4.78, 5) is 47.1. The Morgan fingerprint density at radius 3 is 2.55 bits per heavy atom. The van der Waals surface area contributed by atoms with Gasteiger partial charge in [-0.15, -0.1) is 11.3 Å². The molecule has 33 heavy (non-hydrogen) atoms. The third kappa shape index (κ3) is 3.70. The van der Waals surface area contributed by atoms with E-state index in [1.54, 1.807) is 40.5 Å². The minimum atomic E-state index is -0.630. The quantitative estimate of drug-likeness (QED) is 0.608. The summed E-state index contributed by atoms with van der Waals surface area (Å²) in [5.74, 6) is -0.309. The van der Waals surface area contributed by atoms with E-state index in [9.17, 15) is 14.4 Å². The summed E-state index contributed by atoms with van der Waals surface area (Å²) >= 11 is 1.59. The van der Waals surface area contributed by atoms with Crippen molar-refractivity contribution in [1.82, 2.24) is 15.2 Å². The zero-order valence-electron chi connectivity index (χ0n) is 18.4. The van der Waals surface area contributed by atoms with E-state index in [-0.39, 0.29) is 24.3 Å². The molecule has 2 aromatic carbocycles. The van der Waals surface area contributed by atoms with Gasteiger partial charge < -0.3 is 10.2 Å². The minimum Gasteiger partial charge on any atom is -0.354 e. The number of thiazole rings is 1. The zero-order chi connectivity index (χ0) is 23.1. The molecular formula is C25H24N4O3S. The van der Waals surface area contributed by atoms with Crippen molar-refractivity contribution >= 4 is 34.7 Å². The van der Waals surface area contributed by atoms with Crippen LogP contribution in [-0.2, 0) is 11.2 Å². The fraction of sp³-hybridized carbons (Fsp3) is 0.280. The van der Waals surface area contributed by atoms with E-state index >= 15 is 0 Å². The molecule has 3 amide bonds. The van der Waals surface area contributed by atoms with Gasteiger partial charge in [0.25, 0.3) is 11.8 Å². The van der Waals surface area contributed by atoms with Crippen LogP contribution in [0.4, 0.5) is 5.69 Å². The van der Waals surface area contributed by atoms with Crippen molar-refractivity contribution < 1.29 is 14.4 Å². The van der Waals surface area contributed by atoms with Crippen molar-refractivity contribution in [3.63, 3.8) is 0 Å². The van der Waals surface area contributed by atoms with E-state index in [0.717, 1.165) is 16.3 Å². The summed E-state index contributed by atoms with van der Waals surface area (Å²) in [6.07, 6.45) is 0.00552. The molecule has 1 N–H and O–H groups in total. The maximum absolute atomic E-state index is 13.4. The van der Waals surface area contributed by atoms with Crippen LogP contribution in [0.25, 0.3) is 0 Å². The van der Waals surface area contributed by atoms with E-state index < -0.39 is 6.17 Å². The van der Waals surface area contributed by atoms with E-state index in [0.29, 0.717) is 35.7 Å². The van der Waals surface area contributed by atoms with Gasteiger partial charge in [-0.3, -0.25) is 19.3 Å². The molecule has 1 atom stereocenters. The number of fused-ring (bicyclic) bond motifs is 5. The van der Waals surface area contributed by atoms with Crippen molar-refractivity contribution in [3.05, 3.63) is 81.3 Å². The van der Waals surface area contributed by atoms with Gasteiger partial charge in [-0.05, 0) is 24.1 Å². The molecule has 0 bridgehead atoms. The van der Waals surface area contributed by atoms with Crippen LogP contribution < -0.4 is 10.2 Å². The van der Waals surface area contributed by atoms with Gasteiger partial charge in [0.1, 0.15) is 12.7 Å². The molecule has 7 nitrogen and oxygen atoms in total. The normalized spacial score (nSPS) is 16.6. The lowest BCUT2D eigenvalue weighted by molar-refractivity contribution is -0.122. The minimum absolute atomic E-state index is 0.134. The number of nitrogens with one attached hydrogen (secondary N) is 1.